The normalized spacial score (nSPS) is 20.3. The van der Waals surface area contributed by atoms with Crippen molar-refractivity contribution in [2.24, 2.45) is 0 Å². The predicted octanol–water partition coefficient (Wildman–Crippen LogP) is 2.69. The molecule has 29 heavy (non-hydrogen) atoms. The van der Waals surface area contributed by atoms with E-state index in [1.54, 1.807) is 18.3 Å². The lowest BCUT2D eigenvalue weighted by molar-refractivity contribution is -0.127. The second-order valence-electron chi connectivity index (χ2n) is 7.34. The summed E-state index contributed by atoms with van der Waals surface area (Å²) >= 11 is 0. The maximum atomic E-state index is 13.1. The Morgan fingerprint density at radius 1 is 1.31 bits per heavy atom. The van der Waals surface area contributed by atoms with Crippen LogP contribution in [0.1, 0.15) is 30.4 Å². The van der Waals surface area contributed by atoms with Crippen LogP contribution in [0.4, 0.5) is 13.2 Å². The van der Waals surface area contributed by atoms with Gasteiger partial charge in [-0.15, -0.1) is 5.10 Å². The number of benzene rings is 1. The van der Waals surface area contributed by atoms with Gasteiger partial charge < -0.3 is 14.6 Å². The number of aliphatic hydroxyl groups is 1. The summed E-state index contributed by atoms with van der Waals surface area (Å²) in [5.41, 5.74) is 0.956. The van der Waals surface area contributed by atoms with Gasteiger partial charge >= 0.3 is 6.18 Å². The third kappa shape index (κ3) is 4.61. The van der Waals surface area contributed by atoms with Crippen molar-refractivity contribution in [3.8, 4) is 23.1 Å². The van der Waals surface area contributed by atoms with Gasteiger partial charge in [-0.25, -0.2) is 4.68 Å². The van der Waals surface area contributed by atoms with Crippen LogP contribution in [0.3, 0.4) is 0 Å². The summed E-state index contributed by atoms with van der Waals surface area (Å²) in [5.74, 6) is 5.07. The van der Waals surface area contributed by atoms with E-state index in [9.17, 15) is 13.2 Å². The number of nitrogens with zero attached hydrogens (tertiary/aromatic N) is 3. The van der Waals surface area contributed by atoms with E-state index in [2.05, 4.69) is 22.2 Å². The van der Waals surface area contributed by atoms with Crippen molar-refractivity contribution in [1.29, 1.82) is 0 Å². The van der Waals surface area contributed by atoms with Gasteiger partial charge in [-0.1, -0.05) is 23.1 Å². The number of hydrogen-bond acceptors (Lipinski definition) is 5. The molecule has 1 unspecified atom stereocenters. The van der Waals surface area contributed by atoms with Gasteiger partial charge in [0.05, 0.1) is 31.4 Å². The molecule has 1 saturated carbocycles. The van der Waals surface area contributed by atoms with E-state index in [1.165, 1.54) is 10.7 Å². The minimum atomic E-state index is -4.38. The number of alkyl halides is 3. The summed E-state index contributed by atoms with van der Waals surface area (Å²) < 4.78 is 52.3. The largest absolute Gasteiger partial charge is 0.393 e. The Labute approximate surface area is 165 Å². The summed E-state index contributed by atoms with van der Waals surface area (Å²) in [7, 11) is 0. The van der Waals surface area contributed by atoms with E-state index in [4.69, 9.17) is 14.6 Å². The molecule has 6 nitrogen and oxygen atoms in total. The molecular formula is C20H20F3N3O3. The van der Waals surface area contributed by atoms with Crippen molar-refractivity contribution in [3.63, 3.8) is 0 Å². The van der Waals surface area contributed by atoms with Crippen molar-refractivity contribution in [2.75, 3.05) is 13.2 Å². The number of halogens is 3. The van der Waals surface area contributed by atoms with Crippen molar-refractivity contribution >= 4 is 0 Å². The molecule has 1 N–H and O–H groups in total. The van der Waals surface area contributed by atoms with Crippen molar-refractivity contribution in [2.45, 2.75) is 50.3 Å². The highest BCUT2D eigenvalue weighted by Gasteiger charge is 2.46. The maximum absolute atomic E-state index is 13.1. The molecule has 1 atom stereocenters. The fourth-order valence-electron chi connectivity index (χ4n) is 3.60. The second kappa shape index (κ2) is 7.78. The van der Waals surface area contributed by atoms with Gasteiger partial charge in [0.25, 0.3) is 0 Å². The quantitative estimate of drug-likeness (QED) is 0.790. The number of hydrogen-bond donors (Lipinski definition) is 1. The van der Waals surface area contributed by atoms with Crippen LogP contribution in [0.5, 0.6) is 0 Å². The van der Waals surface area contributed by atoms with Gasteiger partial charge in [-0.2, -0.15) is 13.2 Å². The van der Waals surface area contributed by atoms with Crippen LogP contribution in [0.2, 0.25) is 0 Å². The van der Waals surface area contributed by atoms with E-state index in [0.29, 0.717) is 30.0 Å². The first-order valence-corrected chi connectivity index (χ1v) is 9.35. The summed E-state index contributed by atoms with van der Waals surface area (Å²) in [6.45, 7) is 0.520. The zero-order chi connectivity index (χ0) is 20.5. The average molecular weight is 407 g/mol. The summed E-state index contributed by atoms with van der Waals surface area (Å²) in [6, 6.07) is 4.51. The average Bonchev–Trinajstić information content (AvgIpc) is 3.26. The number of aliphatic hydroxyl groups excluding tert-OH is 1. The molecular weight excluding hydrogens is 387 g/mol. The van der Waals surface area contributed by atoms with E-state index in [-0.39, 0.29) is 17.8 Å². The smallest absolute Gasteiger partial charge is 0.384 e. The van der Waals surface area contributed by atoms with Crippen LogP contribution in [-0.4, -0.2) is 51.4 Å². The van der Waals surface area contributed by atoms with Crippen LogP contribution in [0.15, 0.2) is 24.4 Å². The minimum Gasteiger partial charge on any atom is -0.384 e. The number of rotatable bonds is 4. The molecule has 2 fully saturated rings. The molecule has 1 aliphatic carbocycles. The lowest BCUT2D eigenvalue weighted by atomic mass is 9.81. The van der Waals surface area contributed by atoms with E-state index >= 15 is 0 Å². The molecule has 1 saturated heterocycles. The molecule has 1 aromatic heterocycles. The molecule has 2 aliphatic rings. The predicted molar refractivity (Wildman–Crippen MR) is 96.6 cm³/mol. The topological polar surface area (TPSA) is 69.4 Å². The molecule has 2 heterocycles. The molecule has 4 rings (SSSR count). The van der Waals surface area contributed by atoms with Crippen LogP contribution in [0, 0.1) is 11.8 Å². The summed E-state index contributed by atoms with van der Waals surface area (Å²) in [5, 5.41) is 16.9. The molecule has 1 aliphatic heterocycles. The SMILES string of the molecule is OCC#Cc1ccc(-c2cn(CC3OCC4(CCC4)O3)nn2)c(CC(F)(F)F)c1. The van der Waals surface area contributed by atoms with Gasteiger partial charge in [-0.3, -0.25) is 0 Å². The highest BCUT2D eigenvalue weighted by Crippen LogP contribution is 2.41. The van der Waals surface area contributed by atoms with Crippen molar-refractivity contribution < 1.29 is 27.8 Å². The minimum absolute atomic E-state index is 0.0519. The first-order chi connectivity index (χ1) is 13.9. The molecule has 154 valence electrons. The van der Waals surface area contributed by atoms with Crippen molar-refractivity contribution in [3.05, 3.63) is 35.5 Å². The van der Waals surface area contributed by atoms with Gasteiger partial charge in [0, 0.05) is 11.1 Å². The van der Waals surface area contributed by atoms with Crippen LogP contribution in [0.25, 0.3) is 11.3 Å². The molecule has 0 bridgehead atoms. The lowest BCUT2D eigenvalue weighted by Crippen LogP contribution is -2.40. The molecule has 1 aromatic carbocycles. The zero-order valence-electron chi connectivity index (χ0n) is 15.6. The van der Waals surface area contributed by atoms with Gasteiger partial charge in [0.15, 0.2) is 6.29 Å². The van der Waals surface area contributed by atoms with Gasteiger partial charge in [0.2, 0.25) is 0 Å². The lowest BCUT2D eigenvalue weighted by Gasteiger charge is -2.35. The molecule has 1 spiro atoms. The van der Waals surface area contributed by atoms with E-state index in [1.807, 2.05) is 0 Å². The first kappa shape index (κ1) is 19.9. The fraction of sp³-hybridized carbons (Fsp3) is 0.500. The molecule has 0 amide bonds. The Bertz CT molecular complexity index is 942. The fourth-order valence-corrected chi connectivity index (χ4v) is 3.60. The Hall–Kier alpha value is -2.41. The molecule has 2 aromatic rings. The van der Waals surface area contributed by atoms with E-state index in [0.717, 1.165) is 19.3 Å². The summed E-state index contributed by atoms with van der Waals surface area (Å²) in [6.07, 6.45) is -1.23. The van der Waals surface area contributed by atoms with E-state index < -0.39 is 18.9 Å². The third-order valence-electron chi connectivity index (χ3n) is 5.14. The van der Waals surface area contributed by atoms with Gasteiger partial charge in [0.1, 0.15) is 12.3 Å². The zero-order valence-corrected chi connectivity index (χ0v) is 15.6. The standard InChI is InChI=1S/C20H20F3N3O3/c21-20(22,23)10-15-9-14(3-1-8-27)4-5-16(15)17-11-26(25-24-17)12-18-28-13-19(29-18)6-2-7-19/h4-5,9,11,18,27H,2,6-8,10,12-13H2. The Balaban J connectivity index is 1.54. The molecule has 9 heteroatoms. The van der Waals surface area contributed by atoms with Crippen molar-refractivity contribution in [1.82, 2.24) is 15.0 Å². The molecule has 0 radical (unpaired) electrons. The maximum Gasteiger partial charge on any atom is 0.393 e. The highest BCUT2D eigenvalue weighted by atomic mass is 19.4. The monoisotopic (exact) mass is 407 g/mol. The first-order valence-electron chi connectivity index (χ1n) is 9.35. The number of ether oxygens (including phenoxy) is 2. The van der Waals surface area contributed by atoms with Crippen LogP contribution >= 0.6 is 0 Å². The Kier molecular flexibility index (Phi) is 5.34. The third-order valence-corrected chi connectivity index (χ3v) is 5.14. The Morgan fingerprint density at radius 2 is 2.14 bits per heavy atom. The van der Waals surface area contributed by atoms with Crippen LogP contribution in [-0.2, 0) is 22.4 Å². The second-order valence-corrected chi connectivity index (χ2v) is 7.34. The van der Waals surface area contributed by atoms with Gasteiger partial charge in [-0.05, 0) is 37.0 Å². The van der Waals surface area contributed by atoms with Crippen LogP contribution < -0.4 is 0 Å². The number of aromatic nitrogens is 3. The Morgan fingerprint density at radius 3 is 2.79 bits per heavy atom. The highest BCUT2D eigenvalue weighted by molar-refractivity contribution is 5.64. The summed E-state index contributed by atoms with van der Waals surface area (Å²) in [4.78, 5) is 0.